The summed E-state index contributed by atoms with van der Waals surface area (Å²) in [5.74, 6) is 1.61. The molecule has 2 atom stereocenters. The highest BCUT2D eigenvalue weighted by Crippen LogP contribution is 2.15. The molecule has 0 saturated carbocycles. The lowest BCUT2D eigenvalue weighted by molar-refractivity contribution is 0.196. The number of hydrogen-bond donors (Lipinski definition) is 1. The topological polar surface area (TPSA) is 21.3 Å². The molecular weight excluding hydrogens is 162 g/mol. The van der Waals surface area contributed by atoms with Crippen molar-refractivity contribution >= 4 is 0 Å². The molecule has 0 bridgehead atoms. The third-order valence-corrected chi connectivity index (χ3v) is 2.66. The summed E-state index contributed by atoms with van der Waals surface area (Å²) in [6.07, 6.45) is 2.64. The van der Waals surface area contributed by atoms with Gasteiger partial charge in [0, 0.05) is 13.7 Å². The SMILES string of the molecule is CCCC(C)C(C)CNCCOC. The fourth-order valence-corrected chi connectivity index (χ4v) is 1.45. The van der Waals surface area contributed by atoms with Crippen molar-refractivity contribution in [3.63, 3.8) is 0 Å². The van der Waals surface area contributed by atoms with Gasteiger partial charge in [-0.3, -0.25) is 0 Å². The molecule has 0 aliphatic heterocycles. The molecule has 0 aromatic heterocycles. The smallest absolute Gasteiger partial charge is 0.0587 e. The van der Waals surface area contributed by atoms with E-state index in [-0.39, 0.29) is 0 Å². The Bertz CT molecular complexity index is 106. The third-order valence-electron chi connectivity index (χ3n) is 2.66. The predicted octanol–water partition coefficient (Wildman–Crippen LogP) is 2.29. The van der Waals surface area contributed by atoms with Crippen molar-refractivity contribution in [2.75, 3.05) is 26.8 Å². The normalized spacial score (nSPS) is 15.7. The molecule has 2 heteroatoms. The summed E-state index contributed by atoms with van der Waals surface area (Å²) >= 11 is 0. The van der Waals surface area contributed by atoms with Gasteiger partial charge in [0.1, 0.15) is 0 Å². The van der Waals surface area contributed by atoms with Crippen molar-refractivity contribution in [1.29, 1.82) is 0 Å². The fraction of sp³-hybridized carbons (Fsp3) is 1.00. The van der Waals surface area contributed by atoms with Crippen LogP contribution in [0.1, 0.15) is 33.6 Å². The van der Waals surface area contributed by atoms with E-state index in [0.717, 1.165) is 31.5 Å². The largest absolute Gasteiger partial charge is 0.383 e. The second kappa shape index (κ2) is 8.52. The van der Waals surface area contributed by atoms with E-state index >= 15 is 0 Å². The van der Waals surface area contributed by atoms with Gasteiger partial charge in [0.2, 0.25) is 0 Å². The molecule has 1 N–H and O–H groups in total. The minimum absolute atomic E-state index is 0.775. The Balaban J connectivity index is 3.32. The first kappa shape index (κ1) is 12.9. The van der Waals surface area contributed by atoms with Crippen LogP contribution in [0.5, 0.6) is 0 Å². The second-order valence-corrected chi connectivity index (χ2v) is 3.94. The lowest BCUT2D eigenvalue weighted by atomic mass is 9.92. The molecule has 0 spiro atoms. The zero-order chi connectivity index (χ0) is 10.1. The molecule has 0 heterocycles. The maximum atomic E-state index is 4.97. The highest BCUT2D eigenvalue weighted by molar-refractivity contribution is 4.64. The Morgan fingerprint density at radius 1 is 1.23 bits per heavy atom. The van der Waals surface area contributed by atoms with E-state index in [9.17, 15) is 0 Å². The van der Waals surface area contributed by atoms with Gasteiger partial charge in [0.15, 0.2) is 0 Å². The number of methoxy groups -OCH3 is 1. The molecule has 0 fully saturated rings. The van der Waals surface area contributed by atoms with Crippen molar-refractivity contribution in [3.8, 4) is 0 Å². The van der Waals surface area contributed by atoms with Crippen molar-refractivity contribution in [2.24, 2.45) is 11.8 Å². The van der Waals surface area contributed by atoms with Crippen LogP contribution in [-0.4, -0.2) is 26.8 Å². The van der Waals surface area contributed by atoms with Gasteiger partial charge in [0.25, 0.3) is 0 Å². The minimum atomic E-state index is 0.775. The number of nitrogens with one attached hydrogen (secondary N) is 1. The van der Waals surface area contributed by atoms with Crippen molar-refractivity contribution < 1.29 is 4.74 Å². The molecule has 80 valence electrons. The second-order valence-electron chi connectivity index (χ2n) is 3.94. The molecular formula is C11H25NO. The first-order valence-corrected chi connectivity index (χ1v) is 5.42. The lowest BCUT2D eigenvalue weighted by Crippen LogP contribution is -2.27. The van der Waals surface area contributed by atoms with Gasteiger partial charge < -0.3 is 10.1 Å². The zero-order valence-corrected chi connectivity index (χ0v) is 9.60. The number of ether oxygens (including phenoxy) is 1. The molecule has 0 aliphatic carbocycles. The average Bonchev–Trinajstić information content (AvgIpc) is 2.12. The minimum Gasteiger partial charge on any atom is -0.383 e. The van der Waals surface area contributed by atoms with E-state index in [1.54, 1.807) is 7.11 Å². The van der Waals surface area contributed by atoms with E-state index in [1.807, 2.05) is 0 Å². The molecule has 0 amide bonds. The van der Waals surface area contributed by atoms with Gasteiger partial charge in [-0.2, -0.15) is 0 Å². The highest BCUT2D eigenvalue weighted by Gasteiger charge is 2.09. The van der Waals surface area contributed by atoms with Gasteiger partial charge in [0.05, 0.1) is 6.61 Å². The molecule has 0 aromatic carbocycles. The van der Waals surface area contributed by atoms with Crippen LogP contribution in [0, 0.1) is 11.8 Å². The zero-order valence-electron chi connectivity index (χ0n) is 9.60. The van der Waals surface area contributed by atoms with E-state index in [2.05, 4.69) is 26.1 Å². The Hall–Kier alpha value is -0.0800. The Kier molecular flexibility index (Phi) is 8.46. The van der Waals surface area contributed by atoms with Crippen molar-refractivity contribution in [3.05, 3.63) is 0 Å². The summed E-state index contributed by atoms with van der Waals surface area (Å²) in [5.41, 5.74) is 0. The summed E-state index contributed by atoms with van der Waals surface area (Å²) < 4.78 is 4.97. The quantitative estimate of drug-likeness (QED) is 0.589. The maximum Gasteiger partial charge on any atom is 0.0587 e. The third kappa shape index (κ3) is 7.03. The van der Waals surface area contributed by atoms with E-state index in [0.29, 0.717) is 0 Å². The van der Waals surface area contributed by atoms with Crippen LogP contribution in [0.2, 0.25) is 0 Å². The molecule has 2 nitrogen and oxygen atoms in total. The monoisotopic (exact) mass is 187 g/mol. The van der Waals surface area contributed by atoms with Gasteiger partial charge in [-0.1, -0.05) is 33.6 Å². The predicted molar refractivity (Wildman–Crippen MR) is 58.0 cm³/mol. The molecule has 2 unspecified atom stereocenters. The summed E-state index contributed by atoms with van der Waals surface area (Å²) in [7, 11) is 1.74. The summed E-state index contributed by atoms with van der Waals surface area (Å²) in [5, 5.41) is 3.40. The van der Waals surface area contributed by atoms with E-state index in [1.165, 1.54) is 12.8 Å². The van der Waals surface area contributed by atoms with Gasteiger partial charge >= 0.3 is 0 Å². The van der Waals surface area contributed by atoms with Crippen LogP contribution in [0.25, 0.3) is 0 Å². The van der Waals surface area contributed by atoms with Crippen LogP contribution in [0.3, 0.4) is 0 Å². The standard InChI is InChI=1S/C11H25NO/c1-5-6-10(2)11(3)9-12-7-8-13-4/h10-12H,5-9H2,1-4H3. The van der Waals surface area contributed by atoms with Crippen LogP contribution in [0.15, 0.2) is 0 Å². The number of rotatable bonds is 8. The first-order chi connectivity index (χ1) is 6.22. The lowest BCUT2D eigenvalue weighted by Gasteiger charge is -2.19. The van der Waals surface area contributed by atoms with E-state index < -0.39 is 0 Å². The Morgan fingerprint density at radius 2 is 1.92 bits per heavy atom. The molecule has 0 radical (unpaired) electrons. The van der Waals surface area contributed by atoms with Crippen LogP contribution in [-0.2, 0) is 4.74 Å². The Labute approximate surface area is 83.1 Å². The number of hydrogen-bond acceptors (Lipinski definition) is 2. The molecule has 13 heavy (non-hydrogen) atoms. The maximum absolute atomic E-state index is 4.97. The summed E-state index contributed by atoms with van der Waals surface area (Å²) in [6.45, 7) is 9.81. The molecule has 0 aliphatic rings. The Morgan fingerprint density at radius 3 is 2.46 bits per heavy atom. The molecule has 0 saturated heterocycles. The molecule has 0 rings (SSSR count). The average molecular weight is 187 g/mol. The van der Waals surface area contributed by atoms with Gasteiger partial charge in [-0.15, -0.1) is 0 Å². The van der Waals surface area contributed by atoms with Gasteiger partial charge in [-0.25, -0.2) is 0 Å². The van der Waals surface area contributed by atoms with Gasteiger partial charge in [-0.05, 0) is 18.4 Å². The van der Waals surface area contributed by atoms with Crippen molar-refractivity contribution in [2.45, 2.75) is 33.6 Å². The summed E-state index contributed by atoms with van der Waals surface area (Å²) in [6, 6.07) is 0. The van der Waals surface area contributed by atoms with Crippen molar-refractivity contribution in [1.82, 2.24) is 5.32 Å². The van der Waals surface area contributed by atoms with Crippen LogP contribution in [0.4, 0.5) is 0 Å². The fourth-order valence-electron chi connectivity index (χ4n) is 1.45. The van der Waals surface area contributed by atoms with Crippen LogP contribution >= 0.6 is 0 Å². The molecule has 0 aromatic rings. The van der Waals surface area contributed by atoms with Crippen LogP contribution < -0.4 is 5.32 Å². The highest BCUT2D eigenvalue weighted by atomic mass is 16.5. The first-order valence-electron chi connectivity index (χ1n) is 5.42. The van der Waals surface area contributed by atoms with E-state index in [4.69, 9.17) is 4.74 Å². The summed E-state index contributed by atoms with van der Waals surface area (Å²) in [4.78, 5) is 0.